The van der Waals surface area contributed by atoms with Crippen molar-refractivity contribution in [3.8, 4) is 0 Å². The number of nitro benzene ring substituents is 1. The van der Waals surface area contributed by atoms with Gasteiger partial charge in [-0.3, -0.25) is 15.1 Å². The van der Waals surface area contributed by atoms with Gasteiger partial charge in [-0.1, -0.05) is 12.1 Å². The number of rotatable bonds is 2. The van der Waals surface area contributed by atoms with Crippen molar-refractivity contribution in [3.63, 3.8) is 0 Å². The molecule has 0 saturated heterocycles. The van der Waals surface area contributed by atoms with Crippen LogP contribution in [0.1, 0.15) is 5.56 Å². The molecule has 0 unspecified atom stereocenters. The SMILES string of the molecule is O=[N+]([O-])c1ccccc1C1=NCCN1. The van der Waals surface area contributed by atoms with Gasteiger partial charge in [-0.2, -0.15) is 0 Å². The van der Waals surface area contributed by atoms with Gasteiger partial charge in [-0.05, 0) is 6.07 Å². The number of para-hydroxylation sites is 1. The number of nitrogens with one attached hydrogen (secondary N) is 1. The van der Waals surface area contributed by atoms with Gasteiger partial charge >= 0.3 is 0 Å². The molecule has 14 heavy (non-hydrogen) atoms. The van der Waals surface area contributed by atoms with Crippen molar-refractivity contribution in [2.24, 2.45) is 4.99 Å². The number of hydrogen-bond donors (Lipinski definition) is 1. The van der Waals surface area contributed by atoms with Gasteiger partial charge in [-0.15, -0.1) is 0 Å². The van der Waals surface area contributed by atoms with Crippen LogP contribution in [-0.2, 0) is 0 Å². The van der Waals surface area contributed by atoms with Crippen LogP contribution in [0.4, 0.5) is 5.69 Å². The molecule has 72 valence electrons. The average molecular weight is 191 g/mol. The summed E-state index contributed by atoms with van der Waals surface area (Å²) in [5, 5.41) is 13.7. The van der Waals surface area contributed by atoms with E-state index in [4.69, 9.17) is 0 Å². The van der Waals surface area contributed by atoms with Crippen LogP contribution in [0.2, 0.25) is 0 Å². The third kappa shape index (κ3) is 1.44. The van der Waals surface area contributed by atoms with E-state index in [2.05, 4.69) is 10.3 Å². The smallest absolute Gasteiger partial charge is 0.280 e. The van der Waals surface area contributed by atoms with Crippen LogP contribution in [0, 0.1) is 10.1 Å². The molecular weight excluding hydrogens is 182 g/mol. The quantitative estimate of drug-likeness (QED) is 0.558. The van der Waals surface area contributed by atoms with E-state index in [1.54, 1.807) is 18.2 Å². The number of nitro groups is 1. The molecule has 0 radical (unpaired) electrons. The van der Waals surface area contributed by atoms with Gasteiger partial charge in [0.2, 0.25) is 0 Å². The molecule has 5 heteroatoms. The maximum atomic E-state index is 10.7. The van der Waals surface area contributed by atoms with E-state index in [0.717, 1.165) is 6.54 Å². The van der Waals surface area contributed by atoms with Crippen molar-refractivity contribution in [3.05, 3.63) is 39.9 Å². The van der Waals surface area contributed by atoms with E-state index < -0.39 is 4.92 Å². The lowest BCUT2D eigenvalue weighted by atomic mass is 10.1. The minimum absolute atomic E-state index is 0.0978. The highest BCUT2D eigenvalue weighted by Gasteiger charge is 2.18. The lowest BCUT2D eigenvalue weighted by Crippen LogP contribution is -2.20. The second-order valence-electron chi connectivity index (χ2n) is 2.93. The van der Waals surface area contributed by atoms with Gasteiger partial charge < -0.3 is 5.32 Å². The van der Waals surface area contributed by atoms with Crippen molar-refractivity contribution < 1.29 is 4.92 Å². The molecule has 0 aliphatic carbocycles. The van der Waals surface area contributed by atoms with Gasteiger partial charge in [-0.25, -0.2) is 0 Å². The summed E-state index contributed by atoms with van der Waals surface area (Å²) < 4.78 is 0. The van der Waals surface area contributed by atoms with Gasteiger partial charge in [0.05, 0.1) is 17.0 Å². The van der Waals surface area contributed by atoms with Crippen LogP contribution < -0.4 is 5.32 Å². The van der Waals surface area contributed by atoms with E-state index >= 15 is 0 Å². The summed E-state index contributed by atoms with van der Waals surface area (Å²) in [6.45, 7) is 1.43. The Labute approximate surface area is 80.6 Å². The zero-order valence-corrected chi connectivity index (χ0v) is 7.43. The average Bonchev–Trinajstić information content (AvgIpc) is 2.70. The molecule has 0 amide bonds. The normalized spacial score (nSPS) is 14.7. The molecular formula is C9H9N3O2. The number of nitrogens with zero attached hydrogens (tertiary/aromatic N) is 2. The number of amidine groups is 1. The third-order valence-electron chi connectivity index (χ3n) is 2.03. The lowest BCUT2D eigenvalue weighted by Gasteiger charge is -2.02. The molecule has 1 aliphatic heterocycles. The molecule has 0 bridgehead atoms. The second kappa shape index (κ2) is 3.45. The maximum Gasteiger partial charge on any atom is 0.280 e. The molecule has 0 fully saturated rings. The summed E-state index contributed by atoms with van der Waals surface area (Å²) in [5.41, 5.74) is 0.663. The van der Waals surface area contributed by atoms with Gasteiger partial charge in [0, 0.05) is 12.6 Å². The first-order valence-electron chi connectivity index (χ1n) is 4.31. The van der Waals surface area contributed by atoms with Crippen LogP contribution in [0.25, 0.3) is 0 Å². The third-order valence-corrected chi connectivity index (χ3v) is 2.03. The molecule has 1 N–H and O–H groups in total. The largest absolute Gasteiger partial charge is 0.368 e. The zero-order valence-electron chi connectivity index (χ0n) is 7.43. The second-order valence-corrected chi connectivity index (χ2v) is 2.93. The van der Waals surface area contributed by atoms with Crippen LogP contribution in [0.15, 0.2) is 29.3 Å². The van der Waals surface area contributed by atoms with Crippen LogP contribution in [0.3, 0.4) is 0 Å². The maximum absolute atomic E-state index is 10.7. The van der Waals surface area contributed by atoms with E-state index in [0.29, 0.717) is 17.9 Å². The van der Waals surface area contributed by atoms with Crippen molar-refractivity contribution in [2.45, 2.75) is 0 Å². The molecule has 0 saturated carbocycles. The monoisotopic (exact) mass is 191 g/mol. The summed E-state index contributed by atoms with van der Waals surface area (Å²) in [5.74, 6) is 0.623. The molecule has 1 aliphatic rings. The predicted molar refractivity (Wildman–Crippen MR) is 52.5 cm³/mol. The Hall–Kier alpha value is -1.91. The van der Waals surface area contributed by atoms with E-state index in [-0.39, 0.29) is 5.69 Å². The lowest BCUT2D eigenvalue weighted by molar-refractivity contribution is -0.385. The van der Waals surface area contributed by atoms with Crippen molar-refractivity contribution >= 4 is 11.5 Å². The van der Waals surface area contributed by atoms with Crippen LogP contribution in [-0.4, -0.2) is 23.8 Å². The molecule has 0 atom stereocenters. The minimum atomic E-state index is -0.391. The first-order valence-corrected chi connectivity index (χ1v) is 4.31. The van der Waals surface area contributed by atoms with Crippen molar-refractivity contribution in [1.82, 2.24) is 5.32 Å². The Morgan fingerprint density at radius 3 is 2.86 bits per heavy atom. The van der Waals surface area contributed by atoms with Gasteiger partial charge in [0.15, 0.2) is 0 Å². The van der Waals surface area contributed by atoms with E-state index in [1.807, 2.05) is 0 Å². The van der Waals surface area contributed by atoms with Crippen LogP contribution >= 0.6 is 0 Å². The number of benzene rings is 1. The Morgan fingerprint density at radius 1 is 1.43 bits per heavy atom. The van der Waals surface area contributed by atoms with Gasteiger partial charge in [0.1, 0.15) is 5.84 Å². The first kappa shape index (κ1) is 8.68. The highest BCUT2D eigenvalue weighted by Crippen LogP contribution is 2.18. The summed E-state index contributed by atoms with van der Waals surface area (Å²) in [6.07, 6.45) is 0. The van der Waals surface area contributed by atoms with Crippen molar-refractivity contribution in [1.29, 1.82) is 0 Å². The fourth-order valence-electron chi connectivity index (χ4n) is 1.41. The molecule has 1 aromatic rings. The zero-order chi connectivity index (χ0) is 9.97. The highest BCUT2D eigenvalue weighted by atomic mass is 16.6. The topological polar surface area (TPSA) is 67.5 Å². The summed E-state index contributed by atoms with van der Waals surface area (Å²) in [4.78, 5) is 14.5. The molecule has 5 nitrogen and oxygen atoms in total. The summed E-state index contributed by atoms with van der Waals surface area (Å²) in [7, 11) is 0. The van der Waals surface area contributed by atoms with E-state index in [1.165, 1.54) is 6.07 Å². The number of aliphatic imine (C=N–C) groups is 1. The highest BCUT2D eigenvalue weighted by molar-refractivity contribution is 6.03. The molecule has 2 rings (SSSR count). The Morgan fingerprint density at radius 2 is 2.21 bits per heavy atom. The van der Waals surface area contributed by atoms with E-state index in [9.17, 15) is 10.1 Å². The number of hydrogen-bond acceptors (Lipinski definition) is 4. The minimum Gasteiger partial charge on any atom is -0.368 e. The summed E-state index contributed by atoms with van der Waals surface area (Å²) >= 11 is 0. The molecule has 0 spiro atoms. The molecule has 1 heterocycles. The Balaban J connectivity index is 2.46. The predicted octanol–water partition coefficient (Wildman–Crippen LogP) is 0.945. The standard InChI is InChI=1S/C9H9N3O2/c13-12(14)8-4-2-1-3-7(8)9-10-5-6-11-9/h1-4H,5-6H2,(H,10,11). The van der Waals surface area contributed by atoms with Gasteiger partial charge in [0.25, 0.3) is 5.69 Å². The Kier molecular flexibility index (Phi) is 2.14. The fourth-order valence-corrected chi connectivity index (χ4v) is 1.41. The molecule has 1 aromatic carbocycles. The molecule has 0 aromatic heterocycles. The fraction of sp³-hybridized carbons (Fsp3) is 0.222. The van der Waals surface area contributed by atoms with Crippen LogP contribution in [0.5, 0.6) is 0 Å². The first-order chi connectivity index (χ1) is 6.79. The van der Waals surface area contributed by atoms with Crippen molar-refractivity contribution in [2.75, 3.05) is 13.1 Å². The summed E-state index contributed by atoms with van der Waals surface area (Å²) in [6, 6.07) is 6.61. The Bertz CT molecular complexity index is 401.